The topological polar surface area (TPSA) is 61.7 Å². The number of benzene rings is 6. The lowest BCUT2D eigenvalue weighted by Gasteiger charge is -2.09. The molecular formula is C43H36BrN5. The molecule has 2 N–H and O–H groups in total. The summed E-state index contributed by atoms with van der Waals surface area (Å²) in [5.41, 5.74) is 13.3. The van der Waals surface area contributed by atoms with Crippen LogP contribution in [0.5, 0.6) is 0 Å². The number of nitrogens with zero attached hydrogens (tertiary/aromatic N) is 4. The van der Waals surface area contributed by atoms with E-state index >= 15 is 0 Å². The summed E-state index contributed by atoms with van der Waals surface area (Å²) in [6.07, 6.45) is 8.59. The maximum Gasteiger partial charge on any atom is 0.144 e. The Hall–Kier alpha value is -5.98. The highest BCUT2D eigenvalue weighted by atomic mass is 79.9. The minimum absolute atomic E-state index is 0.822. The molecule has 8 rings (SSSR count). The highest BCUT2D eigenvalue weighted by Crippen LogP contribution is 2.25. The molecule has 0 amide bonds. The standard InChI is InChI=1S/C22H18N2.C15H11BrN2.C6H7N/c1-3-8-18(9-4-1)16-19-10-7-11-20(17-19)22-23-14-15-24(22)21-12-5-2-6-13-21;16-13-6-4-5-12(11-13)15-17-9-10-18(15)14-7-2-1-3-8-14;7-6-4-2-1-3-5-6/h1-15,17H,16H2;1-11H;1-5H,7H2. The van der Waals surface area contributed by atoms with E-state index in [1.165, 1.54) is 11.1 Å². The van der Waals surface area contributed by atoms with Gasteiger partial charge in [-0.25, -0.2) is 9.97 Å². The monoisotopic (exact) mass is 701 g/mol. The first-order valence-corrected chi connectivity index (χ1v) is 16.8. The smallest absolute Gasteiger partial charge is 0.144 e. The first-order valence-electron chi connectivity index (χ1n) is 16.0. The number of rotatable bonds is 6. The number of aromatic nitrogens is 4. The van der Waals surface area contributed by atoms with E-state index in [1.54, 1.807) is 0 Å². The molecule has 0 aliphatic heterocycles. The Labute approximate surface area is 296 Å². The summed E-state index contributed by atoms with van der Waals surface area (Å²) in [4.78, 5) is 9.02. The maximum absolute atomic E-state index is 5.36. The largest absolute Gasteiger partial charge is 0.399 e. The van der Waals surface area contributed by atoms with Gasteiger partial charge < -0.3 is 5.73 Å². The van der Waals surface area contributed by atoms with E-state index in [1.807, 2.05) is 104 Å². The summed E-state index contributed by atoms with van der Waals surface area (Å²) in [5, 5.41) is 0. The molecule has 6 aromatic carbocycles. The predicted octanol–water partition coefficient (Wildman–Crippen LogP) is 10.7. The lowest BCUT2D eigenvalue weighted by atomic mass is 10.0. The van der Waals surface area contributed by atoms with E-state index in [4.69, 9.17) is 5.73 Å². The third kappa shape index (κ3) is 9.10. The van der Waals surface area contributed by atoms with Crippen molar-refractivity contribution in [2.45, 2.75) is 6.42 Å². The summed E-state index contributed by atoms with van der Waals surface area (Å²) >= 11 is 3.49. The van der Waals surface area contributed by atoms with Crippen molar-refractivity contribution in [3.05, 3.63) is 210 Å². The third-order valence-corrected chi connectivity index (χ3v) is 8.16. The molecule has 8 aromatic rings. The second-order valence-corrected chi connectivity index (χ2v) is 12.1. The van der Waals surface area contributed by atoms with Crippen molar-refractivity contribution >= 4 is 21.6 Å². The number of anilines is 1. The van der Waals surface area contributed by atoms with Crippen molar-refractivity contribution in [2.75, 3.05) is 5.73 Å². The van der Waals surface area contributed by atoms with E-state index < -0.39 is 0 Å². The Morgan fingerprint density at radius 2 is 0.918 bits per heavy atom. The molecule has 0 saturated carbocycles. The number of nitrogens with two attached hydrogens (primary N) is 1. The van der Waals surface area contributed by atoms with Gasteiger partial charge in [-0.15, -0.1) is 0 Å². The number of hydrogen-bond donors (Lipinski definition) is 1. The van der Waals surface area contributed by atoms with Gasteiger partial charge in [0, 0.05) is 57.4 Å². The summed E-state index contributed by atoms with van der Waals surface area (Å²) in [6.45, 7) is 0. The van der Waals surface area contributed by atoms with Gasteiger partial charge in [-0.05, 0) is 72.1 Å². The fraction of sp³-hybridized carbons (Fsp3) is 0.0233. The molecule has 0 unspecified atom stereocenters. The minimum Gasteiger partial charge on any atom is -0.399 e. The van der Waals surface area contributed by atoms with Crippen LogP contribution in [0, 0.1) is 0 Å². The van der Waals surface area contributed by atoms with Gasteiger partial charge in [0.1, 0.15) is 11.6 Å². The zero-order chi connectivity index (χ0) is 33.7. The Bertz CT molecular complexity index is 2160. The average molecular weight is 703 g/mol. The van der Waals surface area contributed by atoms with Crippen molar-refractivity contribution in [1.82, 2.24) is 19.1 Å². The Morgan fingerprint density at radius 3 is 1.41 bits per heavy atom. The molecule has 240 valence electrons. The molecule has 0 aliphatic rings. The van der Waals surface area contributed by atoms with Gasteiger partial charge >= 0.3 is 0 Å². The van der Waals surface area contributed by atoms with Crippen LogP contribution in [0.3, 0.4) is 0 Å². The highest BCUT2D eigenvalue weighted by molar-refractivity contribution is 9.10. The molecule has 6 heteroatoms. The number of halogens is 1. The lowest BCUT2D eigenvalue weighted by molar-refractivity contribution is 1.06. The summed E-state index contributed by atoms with van der Waals surface area (Å²) < 4.78 is 5.27. The summed E-state index contributed by atoms with van der Waals surface area (Å²) in [7, 11) is 0. The fourth-order valence-corrected chi connectivity index (χ4v) is 5.76. The lowest BCUT2D eigenvalue weighted by Crippen LogP contribution is -1.96. The van der Waals surface area contributed by atoms with Crippen LogP contribution in [0.4, 0.5) is 5.69 Å². The molecular weight excluding hydrogens is 666 g/mol. The Kier molecular flexibility index (Phi) is 11.2. The number of nitrogen functional groups attached to an aromatic ring is 1. The average Bonchev–Trinajstić information content (AvgIpc) is 3.85. The minimum atomic E-state index is 0.822. The maximum atomic E-state index is 5.36. The number of para-hydroxylation sites is 3. The molecule has 5 nitrogen and oxygen atoms in total. The molecule has 0 fully saturated rings. The molecule has 0 aliphatic carbocycles. The molecule has 2 heterocycles. The Morgan fingerprint density at radius 1 is 0.469 bits per heavy atom. The van der Waals surface area contributed by atoms with Gasteiger partial charge in [0.05, 0.1) is 0 Å². The second-order valence-electron chi connectivity index (χ2n) is 11.2. The van der Waals surface area contributed by atoms with Crippen molar-refractivity contribution in [1.29, 1.82) is 0 Å². The van der Waals surface area contributed by atoms with Crippen LogP contribution in [0.15, 0.2) is 199 Å². The molecule has 49 heavy (non-hydrogen) atoms. The molecule has 0 saturated heterocycles. The zero-order valence-electron chi connectivity index (χ0n) is 26.9. The van der Waals surface area contributed by atoms with Crippen LogP contribution >= 0.6 is 15.9 Å². The van der Waals surface area contributed by atoms with E-state index in [-0.39, 0.29) is 0 Å². The first kappa shape index (κ1) is 32.9. The third-order valence-electron chi connectivity index (χ3n) is 7.67. The van der Waals surface area contributed by atoms with Gasteiger partial charge in [0.15, 0.2) is 0 Å². The zero-order valence-corrected chi connectivity index (χ0v) is 28.5. The molecule has 0 bridgehead atoms. The summed E-state index contributed by atoms with van der Waals surface area (Å²) in [5.74, 6) is 1.92. The van der Waals surface area contributed by atoms with Crippen molar-refractivity contribution < 1.29 is 0 Å². The van der Waals surface area contributed by atoms with Crippen LogP contribution in [0.2, 0.25) is 0 Å². The van der Waals surface area contributed by atoms with Crippen LogP contribution in [-0.4, -0.2) is 19.1 Å². The number of imidazole rings is 2. The molecule has 0 spiro atoms. The molecule has 0 radical (unpaired) electrons. The van der Waals surface area contributed by atoms with E-state index in [9.17, 15) is 0 Å². The summed E-state index contributed by atoms with van der Waals surface area (Å²) in [6, 6.07) is 57.4. The molecule has 0 atom stereocenters. The normalized spacial score (nSPS) is 10.3. The van der Waals surface area contributed by atoms with Crippen LogP contribution in [0.25, 0.3) is 34.2 Å². The SMILES string of the molecule is Brc1cccc(-c2nccn2-c2ccccc2)c1.Nc1ccccc1.c1ccc(Cc2cccc(-c3nccn3-c3ccccc3)c2)cc1. The predicted molar refractivity (Wildman–Crippen MR) is 206 cm³/mol. The van der Waals surface area contributed by atoms with Crippen LogP contribution in [0.1, 0.15) is 11.1 Å². The van der Waals surface area contributed by atoms with Gasteiger partial charge in [-0.2, -0.15) is 0 Å². The molecule has 2 aromatic heterocycles. The van der Waals surface area contributed by atoms with Crippen molar-refractivity contribution in [2.24, 2.45) is 0 Å². The van der Waals surface area contributed by atoms with Crippen LogP contribution < -0.4 is 5.73 Å². The number of hydrogen-bond acceptors (Lipinski definition) is 3. The Balaban J connectivity index is 0.000000146. The van der Waals surface area contributed by atoms with Gasteiger partial charge in [0.2, 0.25) is 0 Å². The van der Waals surface area contributed by atoms with E-state index in [0.29, 0.717) is 0 Å². The quantitative estimate of drug-likeness (QED) is 0.176. The fourth-order valence-electron chi connectivity index (χ4n) is 5.36. The van der Waals surface area contributed by atoms with E-state index in [0.717, 1.165) is 50.7 Å². The van der Waals surface area contributed by atoms with E-state index in [2.05, 4.69) is 126 Å². The second kappa shape index (κ2) is 16.7. The van der Waals surface area contributed by atoms with Gasteiger partial charge in [-0.1, -0.05) is 131 Å². The first-order chi connectivity index (χ1) is 24.1. The van der Waals surface area contributed by atoms with Crippen molar-refractivity contribution in [3.63, 3.8) is 0 Å². The van der Waals surface area contributed by atoms with Gasteiger partial charge in [-0.3, -0.25) is 9.13 Å². The van der Waals surface area contributed by atoms with Gasteiger partial charge in [0.25, 0.3) is 0 Å². The van der Waals surface area contributed by atoms with Crippen molar-refractivity contribution in [3.8, 4) is 34.2 Å². The van der Waals surface area contributed by atoms with Crippen LogP contribution in [-0.2, 0) is 6.42 Å². The highest BCUT2D eigenvalue weighted by Gasteiger charge is 2.09.